The number of piperazine rings is 1. The van der Waals surface area contributed by atoms with Crippen LogP contribution < -0.4 is 14.4 Å². The number of imide groups is 1. The minimum absolute atomic E-state index is 0.156. The molecule has 7 heteroatoms. The first-order valence-corrected chi connectivity index (χ1v) is 8.06. The molecule has 0 saturated carbocycles. The minimum Gasteiger partial charge on any atom is -0.493 e. The van der Waals surface area contributed by atoms with Crippen LogP contribution in [0.4, 0.5) is 5.69 Å². The summed E-state index contributed by atoms with van der Waals surface area (Å²) in [6, 6.07) is 4.72. The van der Waals surface area contributed by atoms with Gasteiger partial charge in [-0.1, -0.05) is 0 Å². The van der Waals surface area contributed by atoms with Crippen LogP contribution in [0.3, 0.4) is 0 Å². The number of benzene rings is 1. The van der Waals surface area contributed by atoms with Crippen LogP contribution in [0.25, 0.3) is 0 Å². The number of amides is 2. The third-order valence-corrected chi connectivity index (χ3v) is 4.73. The lowest BCUT2D eigenvalue weighted by molar-refractivity contribution is -0.123. The van der Waals surface area contributed by atoms with Crippen LogP contribution >= 0.6 is 0 Å². The second kappa shape index (κ2) is 6.78. The van der Waals surface area contributed by atoms with E-state index in [1.54, 1.807) is 25.3 Å². The highest BCUT2D eigenvalue weighted by Gasteiger charge is 2.43. The van der Waals surface area contributed by atoms with E-state index in [1.165, 1.54) is 12.0 Å². The molecule has 2 aliphatic rings. The molecule has 0 aliphatic carbocycles. The van der Waals surface area contributed by atoms with Crippen LogP contribution in [0.5, 0.6) is 11.5 Å². The summed E-state index contributed by atoms with van der Waals surface area (Å²) in [6.45, 7) is 3.43. The van der Waals surface area contributed by atoms with Gasteiger partial charge in [-0.3, -0.25) is 14.5 Å². The van der Waals surface area contributed by atoms with E-state index in [9.17, 15) is 9.59 Å². The third-order valence-electron chi connectivity index (χ3n) is 4.73. The largest absolute Gasteiger partial charge is 0.493 e. The zero-order valence-electron chi connectivity index (χ0n) is 14.3. The van der Waals surface area contributed by atoms with Crippen molar-refractivity contribution in [1.82, 2.24) is 9.80 Å². The molecule has 2 amide bonds. The summed E-state index contributed by atoms with van der Waals surface area (Å²) in [6.07, 6.45) is 0.233. The number of anilines is 1. The van der Waals surface area contributed by atoms with Gasteiger partial charge in [-0.2, -0.15) is 0 Å². The summed E-state index contributed by atoms with van der Waals surface area (Å²) in [5.41, 5.74) is 0.527. The van der Waals surface area contributed by atoms with Gasteiger partial charge in [0.25, 0.3) is 5.91 Å². The molecule has 1 aromatic carbocycles. The number of methoxy groups -OCH3 is 2. The average Bonchev–Trinajstić information content (AvgIpc) is 2.89. The number of carbonyl (C=O) groups excluding carboxylic acids is 2. The molecule has 0 N–H and O–H groups in total. The van der Waals surface area contributed by atoms with Gasteiger partial charge in [-0.25, -0.2) is 4.90 Å². The maximum atomic E-state index is 12.8. The number of ether oxygens (including phenoxy) is 2. The molecular weight excluding hydrogens is 310 g/mol. The van der Waals surface area contributed by atoms with E-state index in [2.05, 4.69) is 16.8 Å². The Balaban J connectivity index is 1.82. The molecule has 3 rings (SSSR count). The van der Waals surface area contributed by atoms with Crippen LogP contribution in [-0.4, -0.2) is 75.1 Å². The fraction of sp³-hybridized carbons (Fsp3) is 0.529. The Labute approximate surface area is 141 Å². The Morgan fingerprint density at radius 1 is 1.00 bits per heavy atom. The molecule has 130 valence electrons. The van der Waals surface area contributed by atoms with Crippen LogP contribution in [0.15, 0.2) is 18.2 Å². The van der Waals surface area contributed by atoms with Crippen molar-refractivity contribution in [3.63, 3.8) is 0 Å². The normalized spacial score (nSPS) is 23.0. The fourth-order valence-corrected chi connectivity index (χ4v) is 3.27. The van der Waals surface area contributed by atoms with Gasteiger partial charge in [0.1, 0.15) is 0 Å². The van der Waals surface area contributed by atoms with Crippen molar-refractivity contribution in [3.05, 3.63) is 18.2 Å². The molecule has 0 radical (unpaired) electrons. The number of carbonyl (C=O) groups is 2. The fourth-order valence-electron chi connectivity index (χ4n) is 3.27. The standard InChI is InChI=1S/C17H23N3O4/c1-18-6-8-19(9-7-18)13-11-16(21)20(17(13)22)12-4-5-14(23-2)15(10-12)24-3/h4-5,10,13H,6-9,11H2,1-3H3/t13-/m1/s1. The Morgan fingerprint density at radius 2 is 1.67 bits per heavy atom. The minimum atomic E-state index is -0.362. The van der Waals surface area contributed by atoms with E-state index in [1.807, 2.05) is 0 Å². The Morgan fingerprint density at radius 3 is 2.29 bits per heavy atom. The van der Waals surface area contributed by atoms with Crippen LogP contribution in [0.2, 0.25) is 0 Å². The first-order chi connectivity index (χ1) is 11.5. The number of hydrogen-bond donors (Lipinski definition) is 0. The molecule has 1 aromatic rings. The van der Waals surface area contributed by atoms with Gasteiger partial charge >= 0.3 is 0 Å². The second-order valence-corrected chi connectivity index (χ2v) is 6.17. The van der Waals surface area contributed by atoms with Gasteiger partial charge in [-0.15, -0.1) is 0 Å². The molecule has 0 aromatic heterocycles. The molecule has 2 saturated heterocycles. The maximum absolute atomic E-state index is 12.8. The summed E-state index contributed by atoms with van der Waals surface area (Å²) in [5, 5.41) is 0. The molecular formula is C17H23N3O4. The van der Waals surface area contributed by atoms with E-state index in [-0.39, 0.29) is 24.3 Å². The van der Waals surface area contributed by atoms with E-state index in [4.69, 9.17) is 9.47 Å². The van der Waals surface area contributed by atoms with Gasteiger partial charge in [0.05, 0.1) is 32.4 Å². The summed E-state index contributed by atoms with van der Waals surface area (Å²) in [4.78, 5) is 30.9. The van der Waals surface area contributed by atoms with Gasteiger partial charge in [0.15, 0.2) is 11.5 Å². The second-order valence-electron chi connectivity index (χ2n) is 6.17. The van der Waals surface area contributed by atoms with E-state index in [0.29, 0.717) is 17.2 Å². The van der Waals surface area contributed by atoms with Gasteiger partial charge in [0, 0.05) is 32.2 Å². The molecule has 2 heterocycles. The molecule has 2 fully saturated rings. The van der Waals surface area contributed by atoms with Crippen molar-refractivity contribution in [2.24, 2.45) is 0 Å². The van der Waals surface area contributed by atoms with Gasteiger partial charge < -0.3 is 14.4 Å². The number of rotatable bonds is 4. The first kappa shape index (κ1) is 16.7. The zero-order chi connectivity index (χ0) is 17.3. The maximum Gasteiger partial charge on any atom is 0.251 e. The molecule has 0 spiro atoms. The average molecular weight is 333 g/mol. The smallest absolute Gasteiger partial charge is 0.251 e. The van der Waals surface area contributed by atoms with Crippen molar-refractivity contribution in [2.45, 2.75) is 12.5 Å². The lowest BCUT2D eigenvalue weighted by atomic mass is 10.2. The van der Waals surface area contributed by atoms with Crippen LogP contribution in [0.1, 0.15) is 6.42 Å². The van der Waals surface area contributed by atoms with Gasteiger partial charge in [-0.05, 0) is 19.2 Å². The Kier molecular flexibility index (Phi) is 4.73. The topological polar surface area (TPSA) is 62.3 Å². The monoisotopic (exact) mass is 333 g/mol. The molecule has 24 heavy (non-hydrogen) atoms. The van der Waals surface area contributed by atoms with Crippen molar-refractivity contribution in [3.8, 4) is 11.5 Å². The highest BCUT2D eigenvalue weighted by molar-refractivity contribution is 6.22. The summed E-state index contributed by atoms with van der Waals surface area (Å²) < 4.78 is 10.5. The highest BCUT2D eigenvalue weighted by Crippen LogP contribution is 2.34. The number of likely N-dealkylation sites (N-methyl/N-ethyl adjacent to an activating group) is 1. The molecule has 7 nitrogen and oxygen atoms in total. The van der Waals surface area contributed by atoms with Crippen molar-refractivity contribution in [1.29, 1.82) is 0 Å². The highest BCUT2D eigenvalue weighted by atomic mass is 16.5. The van der Waals surface area contributed by atoms with Crippen LogP contribution in [-0.2, 0) is 9.59 Å². The molecule has 0 bridgehead atoms. The van der Waals surface area contributed by atoms with E-state index < -0.39 is 0 Å². The van der Waals surface area contributed by atoms with Crippen molar-refractivity contribution in [2.75, 3.05) is 52.3 Å². The lowest BCUT2D eigenvalue weighted by Crippen LogP contribution is -2.51. The Bertz CT molecular complexity index is 641. The molecule has 2 aliphatic heterocycles. The number of nitrogens with zero attached hydrogens (tertiary/aromatic N) is 3. The number of hydrogen-bond acceptors (Lipinski definition) is 6. The summed E-state index contributed by atoms with van der Waals surface area (Å²) >= 11 is 0. The summed E-state index contributed by atoms with van der Waals surface area (Å²) in [7, 11) is 5.14. The zero-order valence-corrected chi connectivity index (χ0v) is 14.3. The lowest BCUT2D eigenvalue weighted by Gasteiger charge is -2.35. The molecule has 0 unspecified atom stereocenters. The summed E-state index contributed by atoms with van der Waals surface area (Å²) in [5.74, 6) is 0.738. The third kappa shape index (κ3) is 2.97. The van der Waals surface area contributed by atoms with Gasteiger partial charge in [0.2, 0.25) is 5.91 Å². The van der Waals surface area contributed by atoms with Crippen molar-refractivity contribution >= 4 is 17.5 Å². The predicted octanol–water partition coefficient (Wildman–Crippen LogP) is 0.583. The SMILES string of the molecule is COc1ccc(N2C(=O)C[C@@H](N3CCN(C)CC3)C2=O)cc1OC. The molecule has 1 atom stereocenters. The van der Waals surface area contributed by atoms with E-state index >= 15 is 0 Å². The quantitative estimate of drug-likeness (QED) is 0.752. The first-order valence-electron chi connectivity index (χ1n) is 8.06. The van der Waals surface area contributed by atoms with Crippen molar-refractivity contribution < 1.29 is 19.1 Å². The van der Waals surface area contributed by atoms with Crippen LogP contribution in [0, 0.1) is 0 Å². The predicted molar refractivity (Wildman–Crippen MR) is 89.5 cm³/mol. The Hall–Kier alpha value is -2.12. The van der Waals surface area contributed by atoms with E-state index in [0.717, 1.165) is 26.2 Å².